The topological polar surface area (TPSA) is 41.5 Å². The molecule has 0 aliphatic heterocycles. The Labute approximate surface area is 126 Å². The van der Waals surface area contributed by atoms with Crippen molar-refractivity contribution in [3.8, 4) is 11.5 Å². The fraction of sp³-hybridized carbons (Fsp3) is 0.333. The molecule has 0 fully saturated rings. The molecule has 112 valence electrons. The second kappa shape index (κ2) is 7.81. The van der Waals surface area contributed by atoms with E-state index in [4.69, 9.17) is 4.74 Å². The van der Waals surface area contributed by atoms with Crippen molar-refractivity contribution in [1.82, 2.24) is 5.32 Å². The van der Waals surface area contributed by atoms with Crippen LogP contribution in [0.3, 0.4) is 0 Å². The third kappa shape index (κ3) is 4.88. The van der Waals surface area contributed by atoms with Gasteiger partial charge in [0.15, 0.2) is 0 Å². The Kier molecular flexibility index (Phi) is 5.78. The van der Waals surface area contributed by atoms with Crippen LogP contribution in [0.1, 0.15) is 19.4 Å². The number of hydrogen-bond donors (Lipinski definition) is 2. The molecule has 0 spiro atoms. The van der Waals surface area contributed by atoms with E-state index in [1.807, 2.05) is 48.5 Å². The van der Waals surface area contributed by atoms with Gasteiger partial charge in [0.05, 0.1) is 6.61 Å². The first-order valence-corrected chi connectivity index (χ1v) is 7.35. The summed E-state index contributed by atoms with van der Waals surface area (Å²) >= 11 is 0. The lowest BCUT2D eigenvalue weighted by Gasteiger charge is -2.20. The summed E-state index contributed by atoms with van der Waals surface area (Å²) in [5.41, 5.74) is 1.14. The van der Waals surface area contributed by atoms with Crippen molar-refractivity contribution in [2.24, 2.45) is 5.92 Å². The van der Waals surface area contributed by atoms with Crippen molar-refractivity contribution in [3.63, 3.8) is 0 Å². The van der Waals surface area contributed by atoms with Gasteiger partial charge in [0.2, 0.25) is 0 Å². The zero-order valence-electron chi connectivity index (χ0n) is 12.6. The van der Waals surface area contributed by atoms with E-state index in [9.17, 15) is 5.11 Å². The SMILES string of the molecule is CC(C)C(CO)NCc1cccc(Oc2ccccc2)c1. The number of rotatable bonds is 7. The van der Waals surface area contributed by atoms with Crippen LogP contribution in [0, 0.1) is 5.92 Å². The minimum absolute atomic E-state index is 0.115. The van der Waals surface area contributed by atoms with E-state index in [2.05, 4.69) is 25.2 Å². The molecule has 0 saturated carbocycles. The lowest BCUT2D eigenvalue weighted by Crippen LogP contribution is -2.36. The summed E-state index contributed by atoms with van der Waals surface area (Å²) in [4.78, 5) is 0. The molecule has 0 amide bonds. The lowest BCUT2D eigenvalue weighted by molar-refractivity contribution is 0.210. The predicted octanol–water partition coefficient (Wildman–Crippen LogP) is 3.59. The lowest BCUT2D eigenvalue weighted by atomic mass is 10.1. The van der Waals surface area contributed by atoms with E-state index in [0.29, 0.717) is 5.92 Å². The molecule has 0 aliphatic rings. The third-order valence-electron chi connectivity index (χ3n) is 3.45. The molecule has 2 N–H and O–H groups in total. The highest BCUT2D eigenvalue weighted by atomic mass is 16.5. The molecule has 0 saturated heterocycles. The Bertz CT molecular complexity index is 540. The van der Waals surface area contributed by atoms with Gasteiger partial charge >= 0.3 is 0 Å². The van der Waals surface area contributed by atoms with Crippen LogP contribution in [0.4, 0.5) is 0 Å². The maximum absolute atomic E-state index is 9.34. The Morgan fingerprint density at radius 2 is 1.71 bits per heavy atom. The van der Waals surface area contributed by atoms with Crippen LogP contribution in [0.5, 0.6) is 11.5 Å². The smallest absolute Gasteiger partial charge is 0.127 e. The van der Waals surface area contributed by atoms with Crippen molar-refractivity contribution >= 4 is 0 Å². The van der Waals surface area contributed by atoms with E-state index in [-0.39, 0.29) is 12.6 Å². The largest absolute Gasteiger partial charge is 0.457 e. The van der Waals surface area contributed by atoms with E-state index in [0.717, 1.165) is 23.6 Å². The van der Waals surface area contributed by atoms with Gasteiger partial charge in [0.1, 0.15) is 11.5 Å². The third-order valence-corrected chi connectivity index (χ3v) is 3.45. The Morgan fingerprint density at radius 3 is 2.38 bits per heavy atom. The summed E-state index contributed by atoms with van der Waals surface area (Å²) in [5.74, 6) is 2.06. The van der Waals surface area contributed by atoms with Gasteiger partial charge in [-0.25, -0.2) is 0 Å². The number of aliphatic hydroxyl groups excluding tert-OH is 1. The van der Waals surface area contributed by atoms with Gasteiger partial charge in [-0.15, -0.1) is 0 Å². The molecule has 0 heterocycles. The van der Waals surface area contributed by atoms with E-state index in [1.54, 1.807) is 0 Å². The van der Waals surface area contributed by atoms with Crippen molar-refractivity contribution in [2.75, 3.05) is 6.61 Å². The molecule has 2 aromatic rings. The molecule has 3 nitrogen and oxygen atoms in total. The Balaban J connectivity index is 1.98. The zero-order valence-corrected chi connectivity index (χ0v) is 12.6. The van der Waals surface area contributed by atoms with Gasteiger partial charge in [-0.1, -0.05) is 44.2 Å². The summed E-state index contributed by atoms with van der Waals surface area (Å²) in [5, 5.41) is 12.7. The van der Waals surface area contributed by atoms with Crippen molar-refractivity contribution in [1.29, 1.82) is 0 Å². The van der Waals surface area contributed by atoms with Crippen LogP contribution >= 0.6 is 0 Å². The standard InChI is InChI=1S/C18H23NO2/c1-14(2)18(13-20)19-12-15-7-6-10-17(11-15)21-16-8-4-3-5-9-16/h3-11,14,18-20H,12-13H2,1-2H3. The summed E-state index contributed by atoms with van der Waals surface area (Å²) < 4.78 is 5.82. The van der Waals surface area contributed by atoms with Crippen LogP contribution in [-0.2, 0) is 6.54 Å². The average Bonchev–Trinajstić information content (AvgIpc) is 2.49. The first-order chi connectivity index (χ1) is 10.2. The minimum Gasteiger partial charge on any atom is -0.457 e. The van der Waals surface area contributed by atoms with Crippen LogP contribution in [0.25, 0.3) is 0 Å². The van der Waals surface area contributed by atoms with Crippen molar-refractivity contribution in [3.05, 3.63) is 60.2 Å². The van der Waals surface area contributed by atoms with E-state index in [1.165, 1.54) is 0 Å². The average molecular weight is 285 g/mol. The monoisotopic (exact) mass is 285 g/mol. The number of aliphatic hydroxyl groups is 1. The maximum Gasteiger partial charge on any atom is 0.127 e. The number of ether oxygens (including phenoxy) is 1. The van der Waals surface area contributed by atoms with Gasteiger partial charge in [-0.3, -0.25) is 0 Å². The van der Waals surface area contributed by atoms with Gasteiger partial charge < -0.3 is 15.2 Å². The first kappa shape index (κ1) is 15.5. The quantitative estimate of drug-likeness (QED) is 0.817. The molecule has 3 heteroatoms. The van der Waals surface area contributed by atoms with Crippen molar-refractivity contribution < 1.29 is 9.84 Å². The highest BCUT2D eigenvalue weighted by Gasteiger charge is 2.11. The van der Waals surface area contributed by atoms with Gasteiger partial charge in [0.25, 0.3) is 0 Å². The highest BCUT2D eigenvalue weighted by Crippen LogP contribution is 2.21. The summed E-state index contributed by atoms with van der Waals surface area (Å²) in [6.45, 7) is 5.07. The molecule has 0 bridgehead atoms. The number of nitrogens with one attached hydrogen (secondary N) is 1. The summed E-state index contributed by atoms with van der Waals surface area (Å²) in [6, 6.07) is 17.9. The van der Waals surface area contributed by atoms with E-state index < -0.39 is 0 Å². The van der Waals surface area contributed by atoms with Crippen LogP contribution in [0.2, 0.25) is 0 Å². The molecule has 0 aromatic heterocycles. The molecule has 2 aromatic carbocycles. The number of para-hydroxylation sites is 1. The second-order valence-corrected chi connectivity index (χ2v) is 5.48. The van der Waals surface area contributed by atoms with Gasteiger partial charge in [-0.2, -0.15) is 0 Å². The second-order valence-electron chi connectivity index (χ2n) is 5.48. The molecule has 2 rings (SSSR count). The fourth-order valence-corrected chi connectivity index (χ4v) is 2.10. The highest BCUT2D eigenvalue weighted by molar-refractivity contribution is 5.33. The zero-order chi connectivity index (χ0) is 15.1. The minimum atomic E-state index is 0.115. The molecule has 0 radical (unpaired) electrons. The van der Waals surface area contributed by atoms with Crippen LogP contribution < -0.4 is 10.1 Å². The summed E-state index contributed by atoms with van der Waals surface area (Å²) in [6.07, 6.45) is 0. The predicted molar refractivity (Wildman–Crippen MR) is 85.5 cm³/mol. The van der Waals surface area contributed by atoms with Crippen LogP contribution in [0.15, 0.2) is 54.6 Å². The van der Waals surface area contributed by atoms with E-state index >= 15 is 0 Å². The van der Waals surface area contributed by atoms with Gasteiger partial charge in [0, 0.05) is 12.6 Å². The molecule has 21 heavy (non-hydrogen) atoms. The maximum atomic E-state index is 9.34. The molecule has 0 aliphatic carbocycles. The molecule has 1 unspecified atom stereocenters. The molecular formula is C18H23NO2. The van der Waals surface area contributed by atoms with Crippen molar-refractivity contribution in [2.45, 2.75) is 26.4 Å². The Hall–Kier alpha value is -1.84. The number of hydrogen-bond acceptors (Lipinski definition) is 3. The molecular weight excluding hydrogens is 262 g/mol. The molecule has 1 atom stereocenters. The van der Waals surface area contributed by atoms with Gasteiger partial charge in [-0.05, 0) is 35.7 Å². The number of benzene rings is 2. The van der Waals surface area contributed by atoms with Crippen LogP contribution in [-0.4, -0.2) is 17.8 Å². The summed E-state index contributed by atoms with van der Waals surface area (Å²) in [7, 11) is 0. The Morgan fingerprint density at radius 1 is 1.00 bits per heavy atom. The normalized spacial score (nSPS) is 12.4. The first-order valence-electron chi connectivity index (χ1n) is 7.35. The fourth-order valence-electron chi connectivity index (χ4n) is 2.10.